The molecule has 4 nitrogen and oxygen atoms in total. The number of aromatic nitrogens is 2. The molecule has 1 aromatic heterocycles. The van der Waals surface area contributed by atoms with Gasteiger partial charge in [-0.25, -0.2) is 4.98 Å². The van der Waals surface area contributed by atoms with Crippen molar-refractivity contribution in [1.82, 2.24) is 14.5 Å². The minimum atomic E-state index is 0.389. The molecule has 2 rings (SSSR count). The van der Waals surface area contributed by atoms with Gasteiger partial charge in [0.15, 0.2) is 0 Å². The minimum absolute atomic E-state index is 0.389. The molecule has 0 unspecified atom stereocenters. The van der Waals surface area contributed by atoms with Gasteiger partial charge in [-0.2, -0.15) is 0 Å². The molecule has 1 aliphatic rings. The lowest BCUT2D eigenvalue weighted by Crippen LogP contribution is -2.48. The van der Waals surface area contributed by atoms with E-state index in [4.69, 9.17) is 4.74 Å². The fourth-order valence-electron chi connectivity index (χ4n) is 2.42. The first-order valence-electron chi connectivity index (χ1n) is 6.33. The van der Waals surface area contributed by atoms with Crippen molar-refractivity contribution < 1.29 is 4.74 Å². The third kappa shape index (κ3) is 3.30. The number of nitrogens with zero attached hydrogens (tertiary/aromatic N) is 3. The molecule has 1 fully saturated rings. The van der Waals surface area contributed by atoms with E-state index >= 15 is 0 Å². The van der Waals surface area contributed by atoms with Crippen LogP contribution in [0.1, 0.15) is 19.2 Å². The Hall–Kier alpha value is -0.870. The molecule has 1 aliphatic heterocycles. The fraction of sp³-hybridized carbons (Fsp3) is 0.769. The molecule has 0 aromatic carbocycles. The first kappa shape index (κ1) is 12.6. The molecule has 0 saturated carbocycles. The summed E-state index contributed by atoms with van der Waals surface area (Å²) in [5.41, 5.74) is 0.389. The molecule has 1 saturated heterocycles. The Bertz CT molecular complexity index is 357. The summed E-state index contributed by atoms with van der Waals surface area (Å²) in [4.78, 5) is 6.64. The maximum atomic E-state index is 5.28. The molecule has 1 aromatic rings. The third-order valence-electron chi connectivity index (χ3n) is 3.42. The topological polar surface area (TPSA) is 30.3 Å². The van der Waals surface area contributed by atoms with Crippen LogP contribution in [0.25, 0.3) is 0 Å². The van der Waals surface area contributed by atoms with E-state index in [9.17, 15) is 0 Å². The summed E-state index contributed by atoms with van der Waals surface area (Å²) in [7, 11) is 2.20. The Morgan fingerprint density at radius 1 is 1.53 bits per heavy atom. The SMILES string of the molecule is Cc1nccn1CCCN(C)CC1(C)COC1. The van der Waals surface area contributed by atoms with Crippen LogP contribution in [0.2, 0.25) is 0 Å². The van der Waals surface area contributed by atoms with Crippen LogP contribution in [0.15, 0.2) is 12.4 Å². The molecular weight excluding hydrogens is 214 g/mol. The van der Waals surface area contributed by atoms with E-state index in [1.165, 1.54) is 6.42 Å². The van der Waals surface area contributed by atoms with Crippen molar-refractivity contribution in [1.29, 1.82) is 0 Å². The first-order chi connectivity index (χ1) is 8.09. The van der Waals surface area contributed by atoms with Crippen LogP contribution < -0.4 is 0 Å². The third-order valence-corrected chi connectivity index (χ3v) is 3.42. The zero-order valence-corrected chi connectivity index (χ0v) is 11.1. The lowest BCUT2D eigenvalue weighted by Gasteiger charge is -2.40. The number of hydrogen-bond acceptors (Lipinski definition) is 3. The highest BCUT2D eigenvalue weighted by atomic mass is 16.5. The van der Waals surface area contributed by atoms with E-state index in [-0.39, 0.29) is 0 Å². The Morgan fingerprint density at radius 2 is 2.29 bits per heavy atom. The van der Waals surface area contributed by atoms with Crippen LogP contribution >= 0.6 is 0 Å². The molecule has 0 radical (unpaired) electrons. The largest absolute Gasteiger partial charge is 0.380 e. The van der Waals surface area contributed by atoms with Crippen LogP contribution in [-0.2, 0) is 11.3 Å². The average molecular weight is 237 g/mol. The highest BCUT2D eigenvalue weighted by Gasteiger charge is 2.34. The van der Waals surface area contributed by atoms with Crippen LogP contribution in [0.5, 0.6) is 0 Å². The quantitative estimate of drug-likeness (QED) is 0.752. The lowest BCUT2D eigenvalue weighted by atomic mass is 9.88. The van der Waals surface area contributed by atoms with Crippen LogP contribution in [0.4, 0.5) is 0 Å². The molecular formula is C13H23N3O. The van der Waals surface area contributed by atoms with Crippen molar-refractivity contribution in [2.45, 2.75) is 26.8 Å². The zero-order chi connectivity index (χ0) is 12.3. The highest BCUT2D eigenvalue weighted by Crippen LogP contribution is 2.27. The first-order valence-corrected chi connectivity index (χ1v) is 6.33. The predicted molar refractivity (Wildman–Crippen MR) is 68.0 cm³/mol. The van der Waals surface area contributed by atoms with Gasteiger partial charge in [0.05, 0.1) is 13.2 Å². The van der Waals surface area contributed by atoms with E-state index < -0.39 is 0 Å². The van der Waals surface area contributed by atoms with Gasteiger partial charge in [0.2, 0.25) is 0 Å². The summed E-state index contributed by atoms with van der Waals surface area (Å²) in [5.74, 6) is 1.10. The van der Waals surface area contributed by atoms with Gasteiger partial charge in [-0.3, -0.25) is 0 Å². The Morgan fingerprint density at radius 3 is 2.82 bits per heavy atom. The number of aryl methyl sites for hydroxylation is 2. The van der Waals surface area contributed by atoms with Gasteiger partial charge in [-0.05, 0) is 26.9 Å². The van der Waals surface area contributed by atoms with Gasteiger partial charge in [0, 0.05) is 30.9 Å². The zero-order valence-electron chi connectivity index (χ0n) is 11.1. The lowest BCUT2D eigenvalue weighted by molar-refractivity contribution is -0.112. The van der Waals surface area contributed by atoms with Gasteiger partial charge < -0.3 is 14.2 Å². The number of hydrogen-bond donors (Lipinski definition) is 0. The van der Waals surface area contributed by atoms with Crippen molar-refractivity contribution in [3.05, 3.63) is 18.2 Å². The maximum absolute atomic E-state index is 5.28. The Balaban J connectivity index is 1.66. The fourth-order valence-corrected chi connectivity index (χ4v) is 2.42. The number of imidazole rings is 1. The number of ether oxygens (including phenoxy) is 1. The van der Waals surface area contributed by atoms with Gasteiger partial charge >= 0.3 is 0 Å². The van der Waals surface area contributed by atoms with Crippen LogP contribution in [0, 0.1) is 12.3 Å². The predicted octanol–water partition coefficient (Wildman–Crippen LogP) is 1.55. The van der Waals surface area contributed by atoms with Gasteiger partial charge in [0.1, 0.15) is 5.82 Å². The van der Waals surface area contributed by atoms with Crippen molar-refractivity contribution in [2.75, 3.05) is 33.4 Å². The normalized spacial score (nSPS) is 18.4. The summed E-state index contributed by atoms with van der Waals surface area (Å²) in [6.45, 7) is 9.51. The molecule has 0 atom stereocenters. The molecule has 2 heterocycles. The van der Waals surface area contributed by atoms with Crippen molar-refractivity contribution in [3.8, 4) is 0 Å². The van der Waals surface area contributed by atoms with Crippen molar-refractivity contribution >= 4 is 0 Å². The van der Waals surface area contributed by atoms with Crippen LogP contribution in [-0.4, -0.2) is 47.8 Å². The molecule has 0 spiro atoms. The van der Waals surface area contributed by atoms with E-state index in [1.807, 2.05) is 6.20 Å². The standard InChI is InChI=1S/C13H23N3O/c1-12-14-5-8-16(12)7-4-6-15(3)9-13(2)10-17-11-13/h5,8H,4,6-7,9-11H2,1-3H3. The molecule has 0 bridgehead atoms. The summed E-state index contributed by atoms with van der Waals surface area (Å²) in [6, 6.07) is 0. The molecule has 17 heavy (non-hydrogen) atoms. The van der Waals surface area contributed by atoms with Gasteiger partial charge in [-0.15, -0.1) is 0 Å². The van der Waals surface area contributed by atoms with E-state index in [2.05, 4.69) is 41.5 Å². The summed E-state index contributed by atoms with van der Waals surface area (Å²) >= 11 is 0. The maximum Gasteiger partial charge on any atom is 0.105 e. The molecule has 4 heteroatoms. The summed E-state index contributed by atoms with van der Waals surface area (Å²) in [5, 5.41) is 0. The summed E-state index contributed by atoms with van der Waals surface area (Å²) in [6.07, 6.45) is 5.09. The minimum Gasteiger partial charge on any atom is -0.380 e. The molecule has 96 valence electrons. The van der Waals surface area contributed by atoms with Crippen molar-refractivity contribution in [2.24, 2.45) is 5.41 Å². The van der Waals surface area contributed by atoms with E-state index in [0.717, 1.165) is 38.7 Å². The second-order valence-corrected chi connectivity index (χ2v) is 5.56. The van der Waals surface area contributed by atoms with Crippen molar-refractivity contribution in [3.63, 3.8) is 0 Å². The molecule has 0 aliphatic carbocycles. The van der Waals surface area contributed by atoms with Gasteiger partial charge in [-0.1, -0.05) is 6.92 Å². The average Bonchev–Trinajstić information content (AvgIpc) is 2.62. The molecule has 0 amide bonds. The highest BCUT2D eigenvalue weighted by molar-refractivity contribution is 4.88. The van der Waals surface area contributed by atoms with Gasteiger partial charge in [0.25, 0.3) is 0 Å². The number of rotatable bonds is 6. The monoisotopic (exact) mass is 237 g/mol. The second kappa shape index (κ2) is 5.19. The van der Waals surface area contributed by atoms with Crippen LogP contribution in [0.3, 0.4) is 0 Å². The Labute approximate surface area is 104 Å². The smallest absolute Gasteiger partial charge is 0.105 e. The van der Waals surface area contributed by atoms with E-state index in [0.29, 0.717) is 5.41 Å². The second-order valence-electron chi connectivity index (χ2n) is 5.56. The molecule has 0 N–H and O–H groups in total. The summed E-state index contributed by atoms with van der Waals surface area (Å²) < 4.78 is 7.49. The van der Waals surface area contributed by atoms with E-state index in [1.54, 1.807) is 0 Å². The Kier molecular flexibility index (Phi) is 3.84.